The number of ether oxygens (including phenoxy) is 1. The van der Waals surface area contributed by atoms with E-state index in [4.69, 9.17) is 4.74 Å². The van der Waals surface area contributed by atoms with Crippen LogP contribution in [0.3, 0.4) is 0 Å². The van der Waals surface area contributed by atoms with Crippen LogP contribution in [0.1, 0.15) is 51.9 Å². The molecule has 2 rings (SSSR count). The summed E-state index contributed by atoms with van der Waals surface area (Å²) in [5.74, 6) is 0.174. The third kappa shape index (κ3) is 5.58. The van der Waals surface area contributed by atoms with Gasteiger partial charge in [-0.2, -0.15) is 0 Å². The Morgan fingerprint density at radius 3 is 2.50 bits per heavy atom. The number of halogens is 1. The first-order valence-electron chi connectivity index (χ1n) is 7.92. The zero-order valence-electron chi connectivity index (χ0n) is 12.6. The van der Waals surface area contributed by atoms with Gasteiger partial charge in [0.15, 0.2) is 0 Å². The number of rotatable bonds is 3. The Balaban J connectivity index is 0.00000200. The second-order valence-corrected chi connectivity index (χ2v) is 5.82. The van der Waals surface area contributed by atoms with Gasteiger partial charge in [0.25, 0.3) is 5.91 Å². The van der Waals surface area contributed by atoms with Gasteiger partial charge in [0, 0.05) is 19.6 Å². The van der Waals surface area contributed by atoms with Crippen molar-refractivity contribution < 1.29 is 9.53 Å². The Morgan fingerprint density at radius 2 is 1.80 bits per heavy atom. The maximum absolute atomic E-state index is 12.4. The minimum atomic E-state index is -0.277. The molecule has 2 aliphatic rings. The van der Waals surface area contributed by atoms with E-state index in [9.17, 15) is 4.79 Å². The second-order valence-electron chi connectivity index (χ2n) is 5.82. The van der Waals surface area contributed by atoms with Gasteiger partial charge in [0.05, 0.1) is 6.10 Å². The molecule has 4 nitrogen and oxygen atoms in total. The SMILES string of the molecule is CC(OC1CCCCCC1)C(=O)N1CCCNCC1.Cl. The lowest BCUT2D eigenvalue weighted by Gasteiger charge is -2.26. The highest BCUT2D eigenvalue weighted by atomic mass is 35.5. The van der Waals surface area contributed by atoms with Crippen LogP contribution in [0, 0.1) is 0 Å². The minimum absolute atomic E-state index is 0. The summed E-state index contributed by atoms with van der Waals surface area (Å²) in [6.07, 6.45) is 8.45. The fraction of sp³-hybridized carbons (Fsp3) is 0.933. The Morgan fingerprint density at radius 1 is 1.10 bits per heavy atom. The first kappa shape index (κ1) is 17.7. The average Bonchev–Trinajstić information content (AvgIpc) is 2.82. The van der Waals surface area contributed by atoms with Gasteiger partial charge in [0.2, 0.25) is 0 Å². The highest BCUT2D eigenvalue weighted by Crippen LogP contribution is 2.21. The monoisotopic (exact) mass is 304 g/mol. The number of hydrogen-bond acceptors (Lipinski definition) is 3. The Bertz CT molecular complexity index is 273. The molecule has 0 radical (unpaired) electrons. The zero-order valence-corrected chi connectivity index (χ0v) is 13.4. The van der Waals surface area contributed by atoms with E-state index in [2.05, 4.69) is 5.32 Å². The molecule has 1 saturated carbocycles. The van der Waals surface area contributed by atoms with Crippen LogP contribution in [0.25, 0.3) is 0 Å². The highest BCUT2D eigenvalue weighted by molar-refractivity contribution is 5.85. The fourth-order valence-electron chi connectivity index (χ4n) is 3.05. The van der Waals surface area contributed by atoms with E-state index < -0.39 is 0 Å². The molecule has 1 atom stereocenters. The molecule has 1 unspecified atom stereocenters. The van der Waals surface area contributed by atoms with E-state index in [1.54, 1.807) is 0 Å². The van der Waals surface area contributed by atoms with Crippen LogP contribution in [-0.2, 0) is 9.53 Å². The topological polar surface area (TPSA) is 41.6 Å². The van der Waals surface area contributed by atoms with E-state index in [1.165, 1.54) is 25.7 Å². The van der Waals surface area contributed by atoms with Crippen molar-refractivity contribution in [1.82, 2.24) is 10.2 Å². The van der Waals surface area contributed by atoms with Crippen molar-refractivity contribution in [2.75, 3.05) is 26.2 Å². The molecule has 5 heteroatoms. The summed E-state index contributed by atoms with van der Waals surface area (Å²) < 4.78 is 6.02. The number of nitrogens with one attached hydrogen (secondary N) is 1. The number of amides is 1. The minimum Gasteiger partial charge on any atom is -0.365 e. The molecule has 1 saturated heterocycles. The van der Waals surface area contributed by atoms with Gasteiger partial charge in [-0.1, -0.05) is 25.7 Å². The Labute approximate surface area is 129 Å². The van der Waals surface area contributed by atoms with Crippen LogP contribution in [0.5, 0.6) is 0 Å². The summed E-state index contributed by atoms with van der Waals surface area (Å²) in [5, 5.41) is 3.33. The molecule has 1 aliphatic carbocycles. The molecular weight excluding hydrogens is 276 g/mol. The Kier molecular flexibility index (Phi) is 8.50. The lowest BCUT2D eigenvalue weighted by molar-refractivity contribution is -0.146. The van der Waals surface area contributed by atoms with Gasteiger partial charge >= 0.3 is 0 Å². The fourth-order valence-corrected chi connectivity index (χ4v) is 3.05. The largest absolute Gasteiger partial charge is 0.365 e. The standard InChI is InChI=1S/C15H28N2O2.ClH/c1-13(19-14-7-4-2-3-5-8-14)15(18)17-11-6-9-16-10-12-17;/h13-14,16H,2-12H2,1H3;1H. The van der Waals surface area contributed by atoms with Crippen molar-refractivity contribution in [3.05, 3.63) is 0 Å². The second kappa shape index (κ2) is 9.59. The molecule has 0 bridgehead atoms. The third-order valence-electron chi connectivity index (χ3n) is 4.20. The molecule has 1 heterocycles. The van der Waals surface area contributed by atoms with Crippen LogP contribution < -0.4 is 5.32 Å². The molecule has 118 valence electrons. The van der Waals surface area contributed by atoms with E-state index in [-0.39, 0.29) is 24.4 Å². The van der Waals surface area contributed by atoms with Gasteiger partial charge in [-0.25, -0.2) is 0 Å². The van der Waals surface area contributed by atoms with Crippen molar-refractivity contribution in [2.24, 2.45) is 0 Å². The molecule has 0 aromatic carbocycles. The third-order valence-corrected chi connectivity index (χ3v) is 4.20. The highest BCUT2D eigenvalue weighted by Gasteiger charge is 2.25. The molecule has 1 amide bonds. The molecular formula is C15H29ClN2O2. The van der Waals surface area contributed by atoms with Crippen molar-refractivity contribution in [2.45, 2.75) is 64.1 Å². The first-order chi connectivity index (χ1) is 9.27. The summed E-state index contributed by atoms with van der Waals surface area (Å²) in [7, 11) is 0. The van der Waals surface area contributed by atoms with Crippen LogP contribution in [0.2, 0.25) is 0 Å². The van der Waals surface area contributed by atoms with E-state index in [0.717, 1.165) is 45.4 Å². The summed E-state index contributed by atoms with van der Waals surface area (Å²) >= 11 is 0. The molecule has 0 spiro atoms. The van der Waals surface area contributed by atoms with E-state index in [0.29, 0.717) is 6.10 Å². The summed E-state index contributed by atoms with van der Waals surface area (Å²) in [4.78, 5) is 14.3. The smallest absolute Gasteiger partial charge is 0.251 e. The number of carbonyl (C=O) groups is 1. The molecule has 2 fully saturated rings. The molecule has 1 N–H and O–H groups in total. The van der Waals surface area contributed by atoms with Crippen molar-refractivity contribution >= 4 is 18.3 Å². The molecule has 0 aromatic heterocycles. The van der Waals surface area contributed by atoms with E-state index in [1.807, 2.05) is 11.8 Å². The first-order valence-corrected chi connectivity index (χ1v) is 7.92. The number of hydrogen-bond donors (Lipinski definition) is 1. The summed E-state index contributed by atoms with van der Waals surface area (Å²) in [6, 6.07) is 0. The predicted molar refractivity (Wildman–Crippen MR) is 83.4 cm³/mol. The predicted octanol–water partition coefficient (Wildman–Crippen LogP) is 2.36. The summed E-state index contributed by atoms with van der Waals surface area (Å²) in [6.45, 7) is 5.52. The zero-order chi connectivity index (χ0) is 13.5. The number of carbonyl (C=O) groups excluding carboxylic acids is 1. The lowest BCUT2D eigenvalue weighted by Crippen LogP contribution is -2.42. The van der Waals surface area contributed by atoms with Gasteiger partial charge in [-0.3, -0.25) is 4.79 Å². The normalized spacial score (nSPS) is 23.4. The van der Waals surface area contributed by atoms with Gasteiger partial charge in [-0.05, 0) is 32.7 Å². The van der Waals surface area contributed by atoms with Gasteiger partial charge in [0.1, 0.15) is 6.10 Å². The van der Waals surface area contributed by atoms with Crippen molar-refractivity contribution in [3.8, 4) is 0 Å². The average molecular weight is 305 g/mol. The van der Waals surface area contributed by atoms with Crippen LogP contribution in [-0.4, -0.2) is 49.2 Å². The van der Waals surface area contributed by atoms with Crippen molar-refractivity contribution in [1.29, 1.82) is 0 Å². The molecule has 1 aliphatic heterocycles. The maximum Gasteiger partial charge on any atom is 0.251 e. The van der Waals surface area contributed by atoms with Gasteiger partial charge < -0.3 is 15.0 Å². The van der Waals surface area contributed by atoms with E-state index >= 15 is 0 Å². The molecule has 0 aromatic rings. The maximum atomic E-state index is 12.4. The van der Waals surface area contributed by atoms with Crippen molar-refractivity contribution in [3.63, 3.8) is 0 Å². The lowest BCUT2D eigenvalue weighted by atomic mass is 10.1. The van der Waals surface area contributed by atoms with Crippen LogP contribution in [0.4, 0.5) is 0 Å². The van der Waals surface area contributed by atoms with Crippen LogP contribution in [0.15, 0.2) is 0 Å². The number of nitrogens with zero attached hydrogens (tertiary/aromatic N) is 1. The molecule has 20 heavy (non-hydrogen) atoms. The van der Waals surface area contributed by atoms with Gasteiger partial charge in [-0.15, -0.1) is 12.4 Å². The van der Waals surface area contributed by atoms with Crippen LogP contribution >= 0.6 is 12.4 Å². The quantitative estimate of drug-likeness (QED) is 0.814. The Hall–Kier alpha value is -0.320. The summed E-state index contributed by atoms with van der Waals surface area (Å²) in [5.41, 5.74) is 0.